The highest BCUT2D eigenvalue weighted by molar-refractivity contribution is 14.2. The topological polar surface area (TPSA) is 108 Å². The number of carbonyl (C=O) groups excluding carboxylic acids is 1. The number of benzene rings is 1. The molecule has 0 aliphatic carbocycles. The fraction of sp³-hybridized carbons (Fsp3) is 0.467. The number of ether oxygens (including phenoxy) is 1. The van der Waals surface area contributed by atoms with Crippen LogP contribution in [0.15, 0.2) is 30.5 Å². The highest BCUT2D eigenvalue weighted by Crippen LogP contribution is 2.33. The number of urea groups is 1. The SMILES string of the molecule is COc1cc(C)cc(-c2cc3cnc(NCCCN4CCN(CC#CSI)CC4)nc3nc2NC(=O)NC(C)(C)C)c1. The fourth-order valence-electron chi connectivity index (χ4n) is 4.71. The molecule has 0 radical (unpaired) electrons. The summed E-state index contributed by atoms with van der Waals surface area (Å²) in [6.07, 6.45) is 2.75. The second-order valence-electron chi connectivity index (χ2n) is 11.3. The Bertz CT molecular complexity index is 1440. The van der Waals surface area contributed by atoms with Crippen LogP contribution in [0.5, 0.6) is 5.75 Å². The summed E-state index contributed by atoms with van der Waals surface area (Å²) in [6, 6.07) is 7.55. The third kappa shape index (κ3) is 9.58. The average Bonchev–Trinajstić information content (AvgIpc) is 2.94. The van der Waals surface area contributed by atoms with Gasteiger partial charge in [-0.05, 0) is 84.2 Å². The van der Waals surface area contributed by atoms with Gasteiger partial charge in [-0.3, -0.25) is 10.2 Å². The molecule has 1 aliphatic heterocycles. The summed E-state index contributed by atoms with van der Waals surface area (Å²) in [7, 11) is 3.17. The zero-order valence-corrected chi connectivity index (χ0v) is 27.9. The molecule has 4 rings (SSSR count). The Kier molecular flexibility index (Phi) is 11.5. The van der Waals surface area contributed by atoms with Gasteiger partial charge in [-0.2, -0.15) is 4.98 Å². The molecule has 224 valence electrons. The first kappa shape index (κ1) is 32.1. The number of carbonyl (C=O) groups is 1. The van der Waals surface area contributed by atoms with E-state index in [2.05, 4.69) is 68.1 Å². The first-order chi connectivity index (χ1) is 20.1. The molecule has 0 spiro atoms. The van der Waals surface area contributed by atoms with Crippen LogP contribution in [0.1, 0.15) is 32.8 Å². The summed E-state index contributed by atoms with van der Waals surface area (Å²) < 4.78 is 5.49. The predicted octanol–water partition coefficient (Wildman–Crippen LogP) is 5.39. The molecular formula is C30H39IN8O2S. The number of piperazine rings is 1. The normalized spacial score (nSPS) is 14.2. The number of aromatic nitrogens is 3. The van der Waals surface area contributed by atoms with Crippen molar-refractivity contribution in [3.63, 3.8) is 0 Å². The van der Waals surface area contributed by atoms with Crippen LogP contribution in [0, 0.1) is 18.1 Å². The number of anilines is 2. The summed E-state index contributed by atoms with van der Waals surface area (Å²) >= 11 is 2.20. The van der Waals surface area contributed by atoms with Crippen LogP contribution in [0.2, 0.25) is 0 Å². The molecule has 0 atom stereocenters. The number of fused-ring (bicyclic) bond motifs is 1. The van der Waals surface area contributed by atoms with Crippen molar-refractivity contribution in [2.24, 2.45) is 0 Å². The van der Waals surface area contributed by atoms with E-state index in [1.807, 2.05) is 52.0 Å². The summed E-state index contributed by atoms with van der Waals surface area (Å²) in [5.41, 5.74) is 2.77. The Hall–Kier alpha value is -2.86. The third-order valence-electron chi connectivity index (χ3n) is 6.70. The number of rotatable bonds is 9. The van der Waals surface area contributed by atoms with Crippen molar-refractivity contribution in [1.29, 1.82) is 0 Å². The minimum atomic E-state index is -0.400. The van der Waals surface area contributed by atoms with Crippen molar-refractivity contribution in [2.75, 3.05) is 63.6 Å². The molecule has 1 aliphatic rings. The van der Waals surface area contributed by atoms with Crippen molar-refractivity contribution in [2.45, 2.75) is 39.7 Å². The molecule has 0 saturated carbocycles. The monoisotopic (exact) mass is 702 g/mol. The van der Waals surface area contributed by atoms with Gasteiger partial charge in [0.15, 0.2) is 5.65 Å². The van der Waals surface area contributed by atoms with E-state index in [-0.39, 0.29) is 6.03 Å². The number of amides is 2. The maximum Gasteiger partial charge on any atom is 0.320 e. The minimum Gasteiger partial charge on any atom is -0.497 e. The van der Waals surface area contributed by atoms with Gasteiger partial charge in [-0.25, -0.2) is 14.8 Å². The van der Waals surface area contributed by atoms with E-state index in [0.29, 0.717) is 17.4 Å². The van der Waals surface area contributed by atoms with Gasteiger partial charge in [0, 0.05) is 76.6 Å². The number of hydrogen-bond acceptors (Lipinski definition) is 9. The number of pyridine rings is 1. The zero-order chi connectivity index (χ0) is 30.1. The molecule has 3 aromatic rings. The van der Waals surface area contributed by atoms with Crippen molar-refractivity contribution in [3.8, 4) is 28.0 Å². The van der Waals surface area contributed by atoms with Gasteiger partial charge in [0.05, 0.1) is 13.7 Å². The van der Waals surface area contributed by atoms with Crippen LogP contribution in [-0.2, 0) is 0 Å². The smallest absolute Gasteiger partial charge is 0.320 e. The Morgan fingerprint density at radius 1 is 1.12 bits per heavy atom. The van der Waals surface area contributed by atoms with Crippen LogP contribution >= 0.6 is 30.1 Å². The largest absolute Gasteiger partial charge is 0.497 e. The summed E-state index contributed by atoms with van der Waals surface area (Å²) in [5, 5.41) is 13.1. The standard InChI is InChI=1S/C30H39IN8O2S/c1-21-16-22(18-24(17-21)41-5)25-19-23-20-33-28(35-26(23)34-27(25)36-29(40)37-30(2,3)4)32-8-6-9-38-11-13-39(14-12-38)10-7-15-42-31/h16-20H,6,8-14H2,1-5H3,(H3,32,33,34,35,36,37,40). The van der Waals surface area contributed by atoms with Gasteiger partial charge in [0.2, 0.25) is 5.95 Å². The summed E-state index contributed by atoms with van der Waals surface area (Å²) in [6.45, 7) is 14.6. The number of nitrogens with zero attached hydrogens (tertiary/aromatic N) is 5. The van der Waals surface area contributed by atoms with Gasteiger partial charge in [-0.15, -0.1) is 0 Å². The molecule has 3 heterocycles. The van der Waals surface area contributed by atoms with E-state index in [1.165, 1.54) is 8.93 Å². The fourth-order valence-corrected chi connectivity index (χ4v) is 5.30. The van der Waals surface area contributed by atoms with Gasteiger partial charge in [-0.1, -0.05) is 12.0 Å². The molecule has 3 N–H and O–H groups in total. The molecule has 2 aromatic heterocycles. The maximum absolute atomic E-state index is 12.8. The molecule has 10 nitrogen and oxygen atoms in total. The number of hydrogen-bond donors (Lipinski definition) is 3. The number of halogens is 1. The number of aryl methyl sites for hydroxylation is 1. The van der Waals surface area contributed by atoms with Crippen LogP contribution in [-0.4, -0.2) is 89.2 Å². The van der Waals surface area contributed by atoms with E-state index in [9.17, 15) is 4.79 Å². The minimum absolute atomic E-state index is 0.337. The summed E-state index contributed by atoms with van der Waals surface area (Å²) in [5.74, 6) is 4.86. The van der Waals surface area contributed by atoms with Crippen LogP contribution in [0.25, 0.3) is 22.2 Å². The number of nitrogens with one attached hydrogen (secondary N) is 3. The van der Waals surface area contributed by atoms with E-state index in [1.54, 1.807) is 13.3 Å². The van der Waals surface area contributed by atoms with Crippen LogP contribution in [0.3, 0.4) is 0 Å². The predicted molar refractivity (Wildman–Crippen MR) is 181 cm³/mol. The van der Waals surface area contributed by atoms with Crippen LogP contribution in [0.4, 0.5) is 16.6 Å². The van der Waals surface area contributed by atoms with E-state index in [4.69, 9.17) is 9.72 Å². The van der Waals surface area contributed by atoms with Gasteiger partial charge in [0.25, 0.3) is 0 Å². The molecule has 12 heteroatoms. The first-order valence-electron chi connectivity index (χ1n) is 14.0. The lowest BCUT2D eigenvalue weighted by atomic mass is 10.0. The molecule has 42 heavy (non-hydrogen) atoms. The molecule has 2 amide bonds. The Morgan fingerprint density at radius 3 is 2.60 bits per heavy atom. The molecule has 0 unspecified atom stereocenters. The summed E-state index contributed by atoms with van der Waals surface area (Å²) in [4.78, 5) is 31.7. The third-order valence-corrected chi connectivity index (χ3v) is 7.58. The van der Waals surface area contributed by atoms with E-state index in [0.717, 1.165) is 80.1 Å². The zero-order valence-electron chi connectivity index (χ0n) is 24.9. The number of methoxy groups -OCH3 is 1. The highest BCUT2D eigenvalue weighted by Gasteiger charge is 2.19. The second-order valence-corrected chi connectivity index (χ2v) is 13.0. The van der Waals surface area contributed by atoms with Gasteiger partial charge >= 0.3 is 6.03 Å². The van der Waals surface area contributed by atoms with Crippen LogP contribution < -0.4 is 20.7 Å². The Balaban J connectivity index is 1.45. The first-order valence-corrected chi connectivity index (χ1v) is 17.4. The van der Waals surface area contributed by atoms with E-state index >= 15 is 0 Å². The maximum atomic E-state index is 12.8. The van der Waals surface area contributed by atoms with Crippen molar-refractivity contribution < 1.29 is 9.53 Å². The van der Waals surface area contributed by atoms with Crippen molar-refractivity contribution in [3.05, 3.63) is 36.0 Å². The molecular weight excluding hydrogens is 663 g/mol. The van der Waals surface area contributed by atoms with Gasteiger partial charge in [0.1, 0.15) is 11.6 Å². The lowest BCUT2D eigenvalue weighted by molar-refractivity contribution is 0.144. The quantitative estimate of drug-likeness (QED) is 0.154. The molecule has 1 saturated heterocycles. The van der Waals surface area contributed by atoms with E-state index < -0.39 is 5.54 Å². The van der Waals surface area contributed by atoms with Crippen molar-refractivity contribution in [1.82, 2.24) is 30.1 Å². The Morgan fingerprint density at radius 2 is 1.88 bits per heavy atom. The Labute approximate surface area is 264 Å². The van der Waals surface area contributed by atoms with Crippen molar-refractivity contribution >= 4 is 59.0 Å². The highest BCUT2D eigenvalue weighted by atomic mass is 127. The molecule has 0 bridgehead atoms. The van der Waals surface area contributed by atoms with Gasteiger partial charge < -0.3 is 20.3 Å². The molecule has 1 fully saturated rings. The average molecular weight is 703 g/mol. The second kappa shape index (κ2) is 15.0. The lowest BCUT2D eigenvalue weighted by Crippen LogP contribution is -2.46. The molecule has 1 aromatic carbocycles. The lowest BCUT2D eigenvalue weighted by Gasteiger charge is -2.33.